The fraction of sp³-hybridized carbons (Fsp3) is 0.278. The molecule has 2 rings (SSSR count). The molecule has 0 saturated carbocycles. The van der Waals surface area contributed by atoms with Crippen LogP contribution in [-0.4, -0.2) is 46.4 Å². The summed E-state index contributed by atoms with van der Waals surface area (Å²) in [6.07, 6.45) is 0. The van der Waals surface area contributed by atoms with Crippen LogP contribution in [0.4, 0.5) is 11.4 Å². The molecule has 0 radical (unpaired) electrons. The van der Waals surface area contributed by atoms with Gasteiger partial charge in [0.05, 0.1) is 23.7 Å². The quantitative estimate of drug-likeness (QED) is 0.296. The molecule has 0 aliphatic rings. The molecule has 0 spiro atoms. The number of anilines is 1. The number of sulfonamides is 1. The van der Waals surface area contributed by atoms with Crippen LogP contribution in [-0.2, 0) is 10.0 Å². The molecule has 0 atom stereocenters. The van der Waals surface area contributed by atoms with Gasteiger partial charge in [-0.25, -0.2) is 17.7 Å². The Morgan fingerprint density at radius 2 is 1.87 bits per heavy atom. The van der Waals surface area contributed by atoms with E-state index in [1.807, 2.05) is 0 Å². The van der Waals surface area contributed by atoms with Crippen LogP contribution >= 0.6 is 11.6 Å². The van der Waals surface area contributed by atoms with Gasteiger partial charge in [0, 0.05) is 31.2 Å². The van der Waals surface area contributed by atoms with Crippen molar-refractivity contribution in [3.8, 4) is 5.75 Å². The van der Waals surface area contributed by atoms with Crippen molar-refractivity contribution in [3.05, 3.63) is 47.0 Å². The van der Waals surface area contributed by atoms with E-state index in [1.165, 1.54) is 38.3 Å². The number of rotatable bonds is 8. The van der Waals surface area contributed by atoms with Crippen molar-refractivity contribution in [2.45, 2.75) is 11.8 Å². The van der Waals surface area contributed by atoms with E-state index < -0.39 is 16.0 Å². The van der Waals surface area contributed by atoms with Crippen molar-refractivity contribution in [1.29, 1.82) is 0 Å². The van der Waals surface area contributed by atoms with E-state index >= 15 is 0 Å². The second-order valence-electron chi connectivity index (χ2n) is 5.98. The molecule has 9 nitrogen and oxygen atoms in total. The second kappa shape index (κ2) is 11.1. The van der Waals surface area contributed by atoms with Gasteiger partial charge in [0.25, 0.3) is 0 Å². The number of ether oxygens (including phenoxy) is 1. The maximum atomic E-state index is 12.3. The van der Waals surface area contributed by atoms with Crippen LogP contribution in [0.2, 0.25) is 5.02 Å². The summed E-state index contributed by atoms with van der Waals surface area (Å²) in [5, 5.41) is 21.5. The molecule has 0 aromatic heterocycles. The van der Waals surface area contributed by atoms with Gasteiger partial charge in [-0.05, 0) is 43.3 Å². The standard InChI is InChI=1S/C18H21ClN4O5S.Na/c1-5-23(21-20-15-10-12(19)6-9-17(15)28-4)16-8-7-13(11-14(16)18(24)25)29(26,27)22(2)3;/h6-11H,5H2,1-4H3,(H,24,25);/q;+1/p-1. The normalized spacial score (nSPS) is 11.4. The van der Waals surface area contributed by atoms with Crippen LogP contribution in [0.5, 0.6) is 5.75 Å². The molecule has 2 aromatic rings. The largest absolute Gasteiger partial charge is 1.00 e. The zero-order valence-corrected chi connectivity index (χ0v) is 20.9. The number of hydrogen-bond acceptors (Lipinski definition) is 7. The number of benzene rings is 2. The van der Waals surface area contributed by atoms with Crippen LogP contribution in [0.1, 0.15) is 17.3 Å². The van der Waals surface area contributed by atoms with Gasteiger partial charge in [-0.2, -0.15) is 0 Å². The summed E-state index contributed by atoms with van der Waals surface area (Å²) in [4.78, 5) is 11.5. The Bertz CT molecular complexity index is 1050. The summed E-state index contributed by atoms with van der Waals surface area (Å²) in [5.41, 5.74) is 0.155. The average molecular weight is 463 g/mol. The average Bonchev–Trinajstić information content (AvgIpc) is 2.68. The molecule has 0 unspecified atom stereocenters. The van der Waals surface area contributed by atoms with Gasteiger partial charge in [0.1, 0.15) is 11.4 Å². The first-order chi connectivity index (χ1) is 13.6. The molecule has 0 fully saturated rings. The third-order valence-electron chi connectivity index (χ3n) is 3.95. The van der Waals surface area contributed by atoms with Crippen molar-refractivity contribution in [3.63, 3.8) is 0 Å². The predicted molar refractivity (Wildman–Crippen MR) is 107 cm³/mol. The van der Waals surface area contributed by atoms with E-state index in [4.69, 9.17) is 16.3 Å². The molecule has 0 bridgehead atoms. The summed E-state index contributed by atoms with van der Waals surface area (Å²) in [6.45, 7) is 1.99. The number of carbonyl (C=O) groups is 1. The molecule has 2 aromatic carbocycles. The van der Waals surface area contributed by atoms with Gasteiger partial charge in [0.15, 0.2) is 0 Å². The first-order valence-electron chi connectivity index (χ1n) is 8.42. The topological polar surface area (TPSA) is 115 Å². The van der Waals surface area contributed by atoms with Gasteiger partial charge >= 0.3 is 29.6 Å². The Morgan fingerprint density at radius 3 is 2.40 bits per heavy atom. The SMILES string of the molecule is CCN(N=Nc1cc(Cl)ccc1OC)c1ccc(S(=O)(=O)N(C)C)cc1C(=O)[O-].[Na+]. The van der Waals surface area contributed by atoms with Crippen molar-refractivity contribution in [2.75, 3.05) is 32.8 Å². The Labute approximate surface area is 202 Å². The van der Waals surface area contributed by atoms with Crippen molar-refractivity contribution < 1.29 is 52.6 Å². The molecule has 0 heterocycles. The molecule has 30 heavy (non-hydrogen) atoms. The summed E-state index contributed by atoms with van der Waals surface area (Å²) >= 11 is 5.97. The number of methoxy groups -OCH3 is 1. The van der Waals surface area contributed by atoms with E-state index in [1.54, 1.807) is 25.1 Å². The zero-order chi connectivity index (χ0) is 21.8. The van der Waals surface area contributed by atoms with Crippen LogP contribution in [0.25, 0.3) is 0 Å². The fourth-order valence-corrected chi connectivity index (χ4v) is 3.49. The molecule has 156 valence electrons. The minimum absolute atomic E-state index is 0. The summed E-state index contributed by atoms with van der Waals surface area (Å²) < 4.78 is 30.8. The third kappa shape index (κ3) is 5.93. The smallest absolute Gasteiger partial charge is 0.545 e. The Morgan fingerprint density at radius 1 is 1.20 bits per heavy atom. The third-order valence-corrected chi connectivity index (χ3v) is 5.99. The molecule has 0 aliphatic carbocycles. The number of carboxylic acid groups (broad SMARTS) is 1. The van der Waals surface area contributed by atoms with E-state index in [-0.39, 0.29) is 52.2 Å². The van der Waals surface area contributed by atoms with Gasteiger partial charge in [-0.15, -0.1) is 5.11 Å². The molecule has 0 N–H and O–H groups in total. The van der Waals surface area contributed by atoms with Gasteiger partial charge in [0.2, 0.25) is 10.0 Å². The maximum absolute atomic E-state index is 12.3. The van der Waals surface area contributed by atoms with Crippen molar-refractivity contribution >= 4 is 39.0 Å². The zero-order valence-electron chi connectivity index (χ0n) is 17.3. The Hall–Kier alpha value is -1.69. The Balaban J connectivity index is 0.00000450. The van der Waals surface area contributed by atoms with Crippen LogP contribution in [0.3, 0.4) is 0 Å². The van der Waals surface area contributed by atoms with Crippen LogP contribution in [0, 0.1) is 0 Å². The van der Waals surface area contributed by atoms with Crippen molar-refractivity contribution in [2.24, 2.45) is 10.3 Å². The first-order valence-corrected chi connectivity index (χ1v) is 10.2. The Kier molecular flexibility index (Phi) is 9.73. The number of hydrogen-bond donors (Lipinski definition) is 0. The summed E-state index contributed by atoms with van der Waals surface area (Å²) in [5.74, 6) is -1.11. The monoisotopic (exact) mass is 462 g/mol. The van der Waals surface area contributed by atoms with Gasteiger partial charge < -0.3 is 14.6 Å². The maximum Gasteiger partial charge on any atom is 1.00 e. The van der Waals surface area contributed by atoms with E-state index in [9.17, 15) is 18.3 Å². The van der Waals surface area contributed by atoms with E-state index in [2.05, 4.69) is 10.3 Å². The van der Waals surface area contributed by atoms with Gasteiger partial charge in [-0.3, -0.25) is 0 Å². The molecule has 0 saturated heterocycles. The van der Waals surface area contributed by atoms with Crippen LogP contribution < -0.4 is 44.4 Å². The molecule has 12 heteroatoms. The number of nitrogens with zero attached hydrogens (tertiary/aromatic N) is 4. The van der Waals surface area contributed by atoms with Crippen molar-refractivity contribution in [1.82, 2.24) is 4.31 Å². The molecular weight excluding hydrogens is 443 g/mol. The van der Waals surface area contributed by atoms with Gasteiger partial charge in [-0.1, -0.05) is 16.8 Å². The van der Waals surface area contributed by atoms with E-state index in [0.29, 0.717) is 16.5 Å². The molecule has 0 amide bonds. The minimum atomic E-state index is -3.81. The molecule has 0 aliphatic heterocycles. The molecular formula is C18H20ClN4NaO5S. The van der Waals surface area contributed by atoms with Crippen LogP contribution in [0.15, 0.2) is 51.6 Å². The number of carbonyl (C=O) groups excluding carboxylic acids is 1. The summed E-state index contributed by atoms with van der Waals surface area (Å²) in [7, 11) is 0.366. The van der Waals surface area contributed by atoms with E-state index in [0.717, 1.165) is 10.4 Å². The minimum Gasteiger partial charge on any atom is -0.545 e. The number of halogens is 1. The fourth-order valence-electron chi connectivity index (χ4n) is 2.40. The predicted octanol–water partition coefficient (Wildman–Crippen LogP) is -0.508. The second-order valence-corrected chi connectivity index (χ2v) is 8.56. The number of aromatic carboxylic acids is 1. The number of carboxylic acids is 1. The summed E-state index contributed by atoms with van der Waals surface area (Å²) in [6, 6.07) is 8.49. The first kappa shape index (κ1) is 26.3.